The number of rotatable bonds is 7. The van der Waals surface area contributed by atoms with E-state index in [1.807, 2.05) is 0 Å². The van der Waals surface area contributed by atoms with E-state index in [0.717, 1.165) is 13.1 Å². The van der Waals surface area contributed by atoms with E-state index in [9.17, 15) is 9.59 Å². The van der Waals surface area contributed by atoms with Crippen molar-refractivity contribution in [2.75, 3.05) is 44.8 Å². The van der Waals surface area contributed by atoms with Crippen molar-refractivity contribution in [3.8, 4) is 5.75 Å². The molecule has 0 unspecified atom stereocenters. The zero-order chi connectivity index (χ0) is 21.0. The number of benzene rings is 1. The molecule has 10 heteroatoms. The number of nitrogens with zero attached hydrogens (tertiary/aromatic N) is 1. The lowest BCUT2D eigenvalue weighted by atomic mass is 10.1. The Morgan fingerprint density at radius 3 is 2.62 bits per heavy atom. The summed E-state index contributed by atoms with van der Waals surface area (Å²) in [6, 6.07) is 4.58. The molecule has 0 bridgehead atoms. The molecule has 2 aromatic rings. The maximum Gasteiger partial charge on any atom is 0.273 e. The number of H-pyrrole nitrogens is 1. The Balaban J connectivity index is 1.74. The van der Waals surface area contributed by atoms with Gasteiger partial charge >= 0.3 is 0 Å². The lowest BCUT2D eigenvalue weighted by Crippen LogP contribution is -2.38. The van der Waals surface area contributed by atoms with Crippen molar-refractivity contribution >= 4 is 40.7 Å². The monoisotopic (exact) mass is 440 g/mol. The van der Waals surface area contributed by atoms with Gasteiger partial charge in [0, 0.05) is 30.9 Å². The fourth-order valence-corrected chi connectivity index (χ4v) is 3.34. The topological polar surface area (TPSA) is 110 Å². The highest BCUT2D eigenvalue weighted by Crippen LogP contribution is 2.31. The van der Waals surface area contributed by atoms with Crippen molar-refractivity contribution in [2.24, 2.45) is 5.73 Å². The molecule has 4 N–H and O–H groups in total. The molecule has 8 nitrogen and oxygen atoms in total. The van der Waals surface area contributed by atoms with E-state index in [1.54, 1.807) is 13.0 Å². The smallest absolute Gasteiger partial charge is 0.273 e. The standard InChI is InChI=1S/C19H22Cl2N4O4/c1-11-15(20)16(21)17(23-11)19(27)24-13-3-2-12(18(22)26)10-14(13)29-9-6-25-4-7-28-8-5-25/h2-3,10,23H,4-9H2,1H3,(H2,22,26)(H,24,27). The van der Waals surface area contributed by atoms with Gasteiger partial charge in [0.2, 0.25) is 5.91 Å². The summed E-state index contributed by atoms with van der Waals surface area (Å²) >= 11 is 12.2. The van der Waals surface area contributed by atoms with Crippen LogP contribution in [-0.2, 0) is 4.74 Å². The zero-order valence-corrected chi connectivity index (χ0v) is 17.4. The van der Waals surface area contributed by atoms with E-state index in [4.69, 9.17) is 38.4 Å². The van der Waals surface area contributed by atoms with Crippen LogP contribution >= 0.6 is 23.2 Å². The van der Waals surface area contributed by atoms with Crippen molar-refractivity contribution < 1.29 is 19.1 Å². The van der Waals surface area contributed by atoms with Crippen LogP contribution < -0.4 is 15.8 Å². The van der Waals surface area contributed by atoms with Gasteiger partial charge in [-0.25, -0.2) is 0 Å². The van der Waals surface area contributed by atoms with E-state index in [2.05, 4.69) is 15.2 Å². The first kappa shape index (κ1) is 21.4. The molecular formula is C19H22Cl2N4O4. The quantitative estimate of drug-likeness (QED) is 0.612. The van der Waals surface area contributed by atoms with Gasteiger partial charge in [-0.05, 0) is 25.1 Å². The molecule has 29 heavy (non-hydrogen) atoms. The van der Waals surface area contributed by atoms with Crippen molar-refractivity contribution in [3.05, 3.63) is 45.2 Å². The Kier molecular flexibility index (Phi) is 7.02. The number of anilines is 1. The number of carbonyl (C=O) groups excluding carboxylic acids is 2. The number of amides is 2. The molecule has 1 saturated heterocycles. The molecule has 0 atom stereocenters. The summed E-state index contributed by atoms with van der Waals surface area (Å²) in [5.41, 5.74) is 6.77. The van der Waals surface area contributed by atoms with Gasteiger partial charge in [-0.3, -0.25) is 14.5 Å². The summed E-state index contributed by atoms with van der Waals surface area (Å²) in [5.74, 6) is -0.723. The molecule has 1 aliphatic rings. The zero-order valence-electron chi connectivity index (χ0n) is 15.9. The van der Waals surface area contributed by atoms with Crippen LogP contribution in [0.3, 0.4) is 0 Å². The summed E-state index contributed by atoms with van der Waals surface area (Å²) in [7, 11) is 0. The first-order valence-corrected chi connectivity index (χ1v) is 9.84. The van der Waals surface area contributed by atoms with Crippen molar-refractivity contribution in [3.63, 3.8) is 0 Å². The maximum atomic E-state index is 12.6. The average Bonchev–Trinajstić information content (AvgIpc) is 2.97. The van der Waals surface area contributed by atoms with E-state index in [-0.39, 0.29) is 16.3 Å². The first-order chi connectivity index (χ1) is 13.9. The van der Waals surface area contributed by atoms with Crippen LogP contribution in [0.25, 0.3) is 0 Å². The minimum atomic E-state index is -0.587. The lowest BCUT2D eigenvalue weighted by molar-refractivity contribution is 0.0323. The van der Waals surface area contributed by atoms with Gasteiger partial charge in [-0.2, -0.15) is 0 Å². The van der Waals surface area contributed by atoms with Crippen LogP contribution in [0, 0.1) is 6.92 Å². The third kappa shape index (κ3) is 5.22. The van der Waals surface area contributed by atoms with E-state index < -0.39 is 11.8 Å². The Morgan fingerprint density at radius 1 is 1.28 bits per heavy atom. The molecule has 0 spiro atoms. The number of nitrogens with two attached hydrogens (primary N) is 1. The molecule has 0 saturated carbocycles. The second-order valence-corrected chi connectivity index (χ2v) is 7.34. The lowest BCUT2D eigenvalue weighted by Gasteiger charge is -2.26. The number of halogens is 2. The Morgan fingerprint density at radius 2 is 2.00 bits per heavy atom. The summed E-state index contributed by atoms with van der Waals surface area (Å²) in [5, 5.41) is 3.18. The molecule has 2 heterocycles. The van der Waals surface area contributed by atoms with Crippen LogP contribution in [0.1, 0.15) is 26.5 Å². The van der Waals surface area contributed by atoms with Gasteiger partial charge in [-0.15, -0.1) is 0 Å². The van der Waals surface area contributed by atoms with Crippen LogP contribution in [0.15, 0.2) is 18.2 Å². The number of aromatic nitrogens is 1. The van der Waals surface area contributed by atoms with Crippen LogP contribution in [0.2, 0.25) is 10.0 Å². The van der Waals surface area contributed by atoms with Crippen molar-refractivity contribution in [1.82, 2.24) is 9.88 Å². The number of hydrogen-bond acceptors (Lipinski definition) is 5. The number of hydrogen-bond donors (Lipinski definition) is 3. The number of nitrogens with one attached hydrogen (secondary N) is 2. The van der Waals surface area contributed by atoms with E-state index >= 15 is 0 Å². The third-order valence-corrected chi connectivity index (χ3v) is 5.51. The van der Waals surface area contributed by atoms with Gasteiger partial charge in [0.05, 0.1) is 28.9 Å². The highest BCUT2D eigenvalue weighted by atomic mass is 35.5. The summed E-state index contributed by atoms with van der Waals surface area (Å²) < 4.78 is 11.2. The Bertz CT molecular complexity index is 910. The molecule has 0 aliphatic carbocycles. The maximum absolute atomic E-state index is 12.6. The van der Waals surface area contributed by atoms with Gasteiger partial charge < -0.3 is 25.5 Å². The van der Waals surface area contributed by atoms with Gasteiger partial charge in [0.15, 0.2) is 0 Å². The Labute approximate surface area is 178 Å². The van der Waals surface area contributed by atoms with Gasteiger partial charge in [-0.1, -0.05) is 23.2 Å². The molecule has 1 fully saturated rings. The number of carbonyl (C=O) groups is 2. The number of primary amides is 1. The van der Waals surface area contributed by atoms with Crippen molar-refractivity contribution in [1.29, 1.82) is 0 Å². The molecule has 2 amide bonds. The van der Waals surface area contributed by atoms with Gasteiger partial charge in [0.1, 0.15) is 18.1 Å². The van der Waals surface area contributed by atoms with Crippen LogP contribution in [0.4, 0.5) is 5.69 Å². The van der Waals surface area contributed by atoms with Crippen LogP contribution in [-0.4, -0.2) is 61.2 Å². The molecule has 156 valence electrons. The Hall–Kier alpha value is -2.26. The second kappa shape index (κ2) is 9.49. The number of aromatic amines is 1. The molecule has 1 aromatic carbocycles. The minimum absolute atomic E-state index is 0.144. The minimum Gasteiger partial charge on any atom is -0.490 e. The highest BCUT2D eigenvalue weighted by molar-refractivity contribution is 6.44. The number of aryl methyl sites for hydroxylation is 1. The summed E-state index contributed by atoms with van der Waals surface area (Å²) in [4.78, 5) is 29.2. The van der Waals surface area contributed by atoms with E-state index in [1.165, 1.54) is 12.1 Å². The second-order valence-electron chi connectivity index (χ2n) is 6.58. The predicted molar refractivity (Wildman–Crippen MR) is 111 cm³/mol. The normalized spacial score (nSPS) is 14.6. The molecular weight excluding hydrogens is 419 g/mol. The number of ether oxygens (including phenoxy) is 2. The van der Waals surface area contributed by atoms with Gasteiger partial charge in [0.25, 0.3) is 5.91 Å². The molecule has 1 aliphatic heterocycles. The van der Waals surface area contributed by atoms with E-state index in [0.29, 0.717) is 48.5 Å². The first-order valence-electron chi connectivity index (χ1n) is 9.08. The molecule has 1 aromatic heterocycles. The fourth-order valence-electron chi connectivity index (χ4n) is 2.92. The number of morpholine rings is 1. The van der Waals surface area contributed by atoms with Crippen LogP contribution in [0.5, 0.6) is 5.75 Å². The van der Waals surface area contributed by atoms with Crippen molar-refractivity contribution in [2.45, 2.75) is 6.92 Å². The molecule has 3 rings (SSSR count). The highest BCUT2D eigenvalue weighted by Gasteiger charge is 2.20. The summed E-state index contributed by atoms with van der Waals surface area (Å²) in [6.45, 7) is 5.83. The largest absolute Gasteiger partial charge is 0.490 e. The fraction of sp³-hybridized carbons (Fsp3) is 0.368. The molecule has 0 radical (unpaired) electrons. The average molecular weight is 441 g/mol. The third-order valence-electron chi connectivity index (χ3n) is 4.56. The summed E-state index contributed by atoms with van der Waals surface area (Å²) in [6.07, 6.45) is 0. The predicted octanol–water partition coefficient (Wildman–Crippen LogP) is 2.69. The SMILES string of the molecule is Cc1[nH]c(C(=O)Nc2ccc(C(N)=O)cc2OCCN2CCOCC2)c(Cl)c1Cl.